The van der Waals surface area contributed by atoms with Gasteiger partial charge in [0, 0.05) is 40.5 Å². The highest BCUT2D eigenvalue weighted by molar-refractivity contribution is 8.00. The maximum atomic E-state index is 13.4. The second-order valence-electron chi connectivity index (χ2n) is 11.5. The number of amidine groups is 1. The van der Waals surface area contributed by atoms with Crippen LogP contribution in [0.15, 0.2) is 63.9 Å². The molecule has 4 aromatic heterocycles. The van der Waals surface area contributed by atoms with Crippen molar-refractivity contribution < 1.29 is 43.2 Å². The molecule has 2 aliphatic rings. The summed E-state index contributed by atoms with van der Waals surface area (Å²) in [4.78, 5) is 60.9. The zero-order chi connectivity index (χ0) is 35.2. The van der Waals surface area contributed by atoms with Gasteiger partial charge in [-0.1, -0.05) is 5.16 Å². The minimum absolute atomic E-state index is 0.0106. The number of carbonyl (C=O) groups excluding carboxylic acids is 2. The molecule has 0 spiro atoms. The maximum Gasteiger partial charge on any atom is 0.352 e. The fourth-order valence-electron chi connectivity index (χ4n) is 5.13. The van der Waals surface area contributed by atoms with E-state index in [2.05, 4.69) is 19.8 Å². The van der Waals surface area contributed by atoms with Gasteiger partial charge in [0.05, 0.1) is 12.1 Å². The molecule has 254 valence electrons. The molecule has 20 heteroatoms. The van der Waals surface area contributed by atoms with Gasteiger partial charge >= 0.3 is 11.9 Å². The van der Waals surface area contributed by atoms with E-state index < -0.39 is 46.5 Å². The number of carboxylic acids is 2. The third-order valence-electron chi connectivity index (χ3n) is 7.72. The first-order chi connectivity index (χ1) is 23.2. The van der Waals surface area contributed by atoms with Crippen LogP contribution in [0.3, 0.4) is 0 Å². The van der Waals surface area contributed by atoms with Crippen LogP contribution in [0.25, 0.3) is 10.9 Å². The SMILES string of the molecule is CC(C)(O/N=C(\C(=O)N[C@@H]1C(=O)N2C(C(=O)O)=C(C[n+]3ccc4ccn(Cc5cc(C(=N)N)co5)c4c3)CS[C@H]12)c1nsc(N)n1)C(=O)O. The van der Waals surface area contributed by atoms with Gasteiger partial charge in [0.25, 0.3) is 11.8 Å². The van der Waals surface area contributed by atoms with Crippen LogP contribution < -0.4 is 21.4 Å². The average Bonchev–Trinajstić information content (AvgIpc) is 3.80. The van der Waals surface area contributed by atoms with Crippen molar-refractivity contribution in [2.24, 2.45) is 10.9 Å². The number of rotatable bonds is 12. The highest BCUT2D eigenvalue weighted by Crippen LogP contribution is 2.40. The number of hydrogen-bond acceptors (Lipinski definition) is 13. The van der Waals surface area contributed by atoms with E-state index >= 15 is 0 Å². The van der Waals surface area contributed by atoms with Gasteiger partial charge in [0.2, 0.25) is 17.1 Å². The van der Waals surface area contributed by atoms with Crippen LogP contribution in [0.1, 0.15) is 31.0 Å². The van der Waals surface area contributed by atoms with Gasteiger partial charge in [-0.15, -0.1) is 11.8 Å². The maximum absolute atomic E-state index is 13.4. The number of carboxylic acid groups (broad SMARTS) is 2. The molecule has 0 aliphatic carbocycles. The quantitative estimate of drug-likeness (QED) is 0.0381. The molecular weight excluding hydrogens is 681 g/mol. The number of pyridine rings is 1. The minimum atomic E-state index is -1.81. The number of hydrogen-bond donors (Lipinski definition) is 6. The molecule has 18 nitrogen and oxygen atoms in total. The highest BCUT2D eigenvalue weighted by Gasteiger charge is 2.55. The second kappa shape index (κ2) is 12.7. The first-order valence-electron chi connectivity index (χ1n) is 14.4. The van der Waals surface area contributed by atoms with Crippen molar-refractivity contribution in [1.29, 1.82) is 5.41 Å². The summed E-state index contributed by atoms with van der Waals surface area (Å²) < 4.78 is 13.3. The summed E-state index contributed by atoms with van der Waals surface area (Å²) >= 11 is 2.05. The zero-order valence-electron chi connectivity index (χ0n) is 25.8. The lowest BCUT2D eigenvalue weighted by molar-refractivity contribution is -0.687. The van der Waals surface area contributed by atoms with Crippen molar-refractivity contribution >= 4 is 74.6 Å². The van der Waals surface area contributed by atoms with Crippen molar-refractivity contribution in [3.8, 4) is 0 Å². The van der Waals surface area contributed by atoms with Gasteiger partial charge in [-0.2, -0.15) is 13.9 Å². The average molecular weight is 710 g/mol. The first kappa shape index (κ1) is 33.2. The number of anilines is 1. The van der Waals surface area contributed by atoms with Crippen LogP contribution in [0.2, 0.25) is 0 Å². The number of amides is 2. The number of nitrogens with two attached hydrogens (primary N) is 2. The lowest BCUT2D eigenvalue weighted by Crippen LogP contribution is -2.71. The van der Waals surface area contributed by atoms with E-state index in [0.29, 0.717) is 23.4 Å². The highest BCUT2D eigenvalue weighted by atomic mass is 32.2. The molecule has 2 aliphatic heterocycles. The monoisotopic (exact) mass is 709 g/mol. The van der Waals surface area contributed by atoms with E-state index in [4.69, 9.17) is 26.1 Å². The topological polar surface area (TPSA) is 269 Å². The third kappa shape index (κ3) is 6.42. The number of nitrogen functional groups attached to an aromatic ring is 2. The zero-order valence-corrected chi connectivity index (χ0v) is 27.4. The Bertz CT molecular complexity index is 2100. The van der Waals surface area contributed by atoms with Gasteiger partial charge in [-0.05, 0) is 26.0 Å². The normalized spacial score (nSPS) is 17.9. The number of nitrogens with one attached hydrogen (secondary N) is 2. The molecule has 0 unspecified atom stereocenters. The number of β-lactam (4-membered cyclic amide) rings is 1. The van der Waals surface area contributed by atoms with E-state index in [1.54, 1.807) is 6.07 Å². The molecule has 0 radical (unpaired) electrons. The number of aliphatic carboxylic acids is 2. The smallest absolute Gasteiger partial charge is 0.352 e. The van der Waals surface area contributed by atoms with Crippen LogP contribution in [0.5, 0.6) is 0 Å². The van der Waals surface area contributed by atoms with Crippen molar-refractivity contribution in [3.05, 3.63) is 71.5 Å². The molecule has 2 atom stereocenters. The Morgan fingerprint density at radius 1 is 1.31 bits per heavy atom. The number of thioether (sulfide) groups is 1. The van der Waals surface area contributed by atoms with Crippen LogP contribution in [-0.4, -0.2) is 87.1 Å². The number of carbonyl (C=O) groups is 4. The Labute approximate surface area is 284 Å². The number of fused-ring (bicyclic) bond motifs is 2. The standard InChI is InChI=1S/C29H28N10O8S2/c1-29(2,27(44)45)47-35-18(22-34-28(32)49-36-22)23(40)33-19-24(41)39-20(26(42)43)15(12-48-25(19)39)8-37-5-3-13-4-6-38(17(13)10-37)9-16-7-14(11-46-16)21(30)31/h3-7,10-11,19,25H,8-9,12H2,1-2H3,(H7-,30,31,32,33,34,36,40,42,43,44,45)/p+1/b35-18-/t19-,25-/m1/s1. The number of nitrogens with zero attached hydrogens (tertiary/aromatic N) is 6. The lowest BCUT2D eigenvalue weighted by atomic mass is 10.0. The van der Waals surface area contributed by atoms with Gasteiger partial charge in [0.15, 0.2) is 24.1 Å². The number of oxime groups is 1. The van der Waals surface area contributed by atoms with Crippen molar-refractivity contribution in [2.75, 3.05) is 11.5 Å². The fourth-order valence-corrected chi connectivity index (χ4v) is 6.90. The second-order valence-corrected chi connectivity index (χ2v) is 13.4. The van der Waals surface area contributed by atoms with Crippen molar-refractivity contribution in [2.45, 2.75) is 44.0 Å². The lowest BCUT2D eigenvalue weighted by Gasteiger charge is -2.49. The molecule has 4 aromatic rings. The third-order valence-corrected chi connectivity index (χ3v) is 9.60. The Morgan fingerprint density at radius 3 is 2.73 bits per heavy atom. The summed E-state index contributed by atoms with van der Waals surface area (Å²) in [5.74, 6) is -3.73. The van der Waals surface area contributed by atoms with E-state index in [1.165, 1.54) is 31.9 Å². The molecule has 1 fully saturated rings. The van der Waals surface area contributed by atoms with E-state index in [0.717, 1.165) is 27.3 Å². The molecule has 0 saturated carbocycles. The predicted octanol–water partition coefficient (Wildman–Crippen LogP) is 0.311. The molecule has 6 rings (SSSR count). The first-order valence-corrected chi connectivity index (χ1v) is 16.3. The van der Waals surface area contributed by atoms with E-state index in [-0.39, 0.29) is 34.8 Å². The molecule has 8 N–H and O–H groups in total. The summed E-state index contributed by atoms with van der Waals surface area (Å²) in [6.45, 7) is 2.99. The fraction of sp³-hybridized carbons (Fsp3) is 0.276. The van der Waals surface area contributed by atoms with E-state index in [9.17, 15) is 29.4 Å². The van der Waals surface area contributed by atoms with Gasteiger partial charge < -0.3 is 40.8 Å². The molecule has 1 saturated heterocycles. The van der Waals surface area contributed by atoms with E-state index in [1.807, 2.05) is 39.9 Å². The van der Waals surface area contributed by atoms with Gasteiger partial charge in [-0.3, -0.25) is 19.9 Å². The molecular formula is C29H29N10O8S2+. The minimum Gasteiger partial charge on any atom is -0.478 e. The summed E-state index contributed by atoms with van der Waals surface area (Å²) in [7, 11) is 0. The molecule has 49 heavy (non-hydrogen) atoms. The molecule has 0 aromatic carbocycles. The number of furan rings is 1. The summed E-state index contributed by atoms with van der Waals surface area (Å²) in [6.07, 6.45) is 6.98. The summed E-state index contributed by atoms with van der Waals surface area (Å²) in [5.41, 5.74) is 10.5. The van der Waals surface area contributed by atoms with Crippen LogP contribution in [0.4, 0.5) is 5.13 Å². The van der Waals surface area contributed by atoms with Crippen molar-refractivity contribution in [3.63, 3.8) is 0 Å². The Morgan fingerprint density at radius 2 is 2.08 bits per heavy atom. The van der Waals surface area contributed by atoms with Crippen molar-refractivity contribution in [1.82, 2.24) is 24.1 Å². The Kier molecular flexibility index (Phi) is 8.59. The summed E-state index contributed by atoms with van der Waals surface area (Å²) in [5, 5.41) is 33.6. The van der Waals surface area contributed by atoms with Gasteiger partial charge in [0.1, 0.15) is 40.5 Å². The molecule has 0 bridgehead atoms. The molecule has 6 heterocycles. The van der Waals surface area contributed by atoms with Crippen LogP contribution >= 0.6 is 23.3 Å². The Hall–Kier alpha value is -5.76. The summed E-state index contributed by atoms with van der Waals surface area (Å²) in [6, 6.07) is 4.39. The Balaban J connectivity index is 1.21. The van der Waals surface area contributed by atoms with Crippen LogP contribution in [-0.2, 0) is 37.1 Å². The molecule has 2 amide bonds. The predicted molar refractivity (Wildman–Crippen MR) is 174 cm³/mol. The van der Waals surface area contributed by atoms with Crippen LogP contribution in [0, 0.1) is 5.41 Å². The largest absolute Gasteiger partial charge is 0.478 e. The number of aromatic nitrogens is 4. The van der Waals surface area contributed by atoms with Gasteiger partial charge in [-0.25, -0.2) is 9.59 Å².